The van der Waals surface area contributed by atoms with Crippen LogP contribution in [0.2, 0.25) is 0 Å². The number of benzene rings is 1. The van der Waals surface area contributed by atoms with Gasteiger partial charge in [0.05, 0.1) is 11.8 Å². The van der Waals surface area contributed by atoms with Crippen molar-refractivity contribution in [3.8, 4) is 5.69 Å². The Bertz CT molecular complexity index is 692. The van der Waals surface area contributed by atoms with Crippen LogP contribution in [0.5, 0.6) is 0 Å². The topological polar surface area (TPSA) is 96.6 Å². The predicted octanol–water partition coefficient (Wildman–Crippen LogP) is -0.292. The average molecular weight is 346 g/mol. The van der Waals surface area contributed by atoms with Crippen LogP contribution in [0.4, 0.5) is 5.95 Å². The number of tetrazole rings is 1. The van der Waals surface area contributed by atoms with Crippen LogP contribution in [-0.4, -0.2) is 81.6 Å². The fraction of sp³-hybridized carbons (Fsp3) is 0.500. The molecule has 2 aromatic rings. The summed E-state index contributed by atoms with van der Waals surface area (Å²) < 4.78 is 6.81. The fourth-order valence-corrected chi connectivity index (χ4v) is 2.80. The summed E-state index contributed by atoms with van der Waals surface area (Å²) in [5.41, 5.74) is 0.838. The molecular weight excluding hydrogens is 324 g/mol. The highest BCUT2D eigenvalue weighted by molar-refractivity contribution is 5.77. The van der Waals surface area contributed by atoms with Gasteiger partial charge >= 0.3 is 0 Å². The minimum Gasteiger partial charge on any atom is -0.389 e. The molecule has 1 aromatic heterocycles. The number of hydrogen-bond acceptors (Lipinski definition) is 7. The van der Waals surface area contributed by atoms with E-state index in [-0.39, 0.29) is 19.1 Å². The quantitative estimate of drug-likeness (QED) is 0.794. The second kappa shape index (κ2) is 8.04. The van der Waals surface area contributed by atoms with Gasteiger partial charge in [-0.15, -0.1) is 0 Å². The molecule has 9 nitrogen and oxygen atoms in total. The van der Waals surface area contributed by atoms with E-state index in [2.05, 4.69) is 15.5 Å². The first-order valence-corrected chi connectivity index (χ1v) is 8.31. The first-order valence-electron chi connectivity index (χ1n) is 8.31. The van der Waals surface area contributed by atoms with Crippen LogP contribution in [0, 0.1) is 0 Å². The van der Waals surface area contributed by atoms with Crippen molar-refractivity contribution < 1.29 is 14.6 Å². The average Bonchev–Trinajstić information content (AvgIpc) is 3.04. The predicted molar refractivity (Wildman–Crippen MR) is 90.4 cm³/mol. The van der Waals surface area contributed by atoms with Gasteiger partial charge in [0.25, 0.3) is 5.95 Å². The van der Waals surface area contributed by atoms with Crippen LogP contribution < -0.4 is 4.90 Å². The van der Waals surface area contributed by atoms with Crippen molar-refractivity contribution in [3.05, 3.63) is 30.3 Å². The molecule has 0 unspecified atom stereocenters. The van der Waals surface area contributed by atoms with Gasteiger partial charge in [-0.3, -0.25) is 4.79 Å². The number of amides is 1. The molecule has 0 spiro atoms. The minimum absolute atomic E-state index is 0.0327. The van der Waals surface area contributed by atoms with E-state index >= 15 is 0 Å². The number of carbonyl (C=O) groups is 1. The highest BCUT2D eigenvalue weighted by Crippen LogP contribution is 2.17. The smallest absolute Gasteiger partial charge is 0.250 e. The maximum Gasteiger partial charge on any atom is 0.250 e. The van der Waals surface area contributed by atoms with E-state index in [1.165, 1.54) is 0 Å². The van der Waals surface area contributed by atoms with Crippen LogP contribution in [0.25, 0.3) is 5.69 Å². The summed E-state index contributed by atoms with van der Waals surface area (Å²) in [6, 6.07) is 9.56. The first-order chi connectivity index (χ1) is 12.2. The van der Waals surface area contributed by atoms with Crippen molar-refractivity contribution in [3.63, 3.8) is 0 Å². The first kappa shape index (κ1) is 17.3. The van der Waals surface area contributed by atoms with Crippen molar-refractivity contribution in [2.45, 2.75) is 13.0 Å². The Balaban J connectivity index is 1.75. The molecule has 1 atom stereocenters. The van der Waals surface area contributed by atoms with E-state index in [9.17, 15) is 9.90 Å². The Labute approximate surface area is 145 Å². The summed E-state index contributed by atoms with van der Waals surface area (Å²) in [5.74, 6) is 0.426. The number of anilines is 1. The number of para-hydroxylation sites is 1. The van der Waals surface area contributed by atoms with Gasteiger partial charge in [0.2, 0.25) is 5.91 Å². The zero-order valence-corrected chi connectivity index (χ0v) is 14.2. The van der Waals surface area contributed by atoms with Crippen LogP contribution in [-0.2, 0) is 9.53 Å². The maximum absolute atomic E-state index is 12.2. The van der Waals surface area contributed by atoms with Crippen LogP contribution in [0.3, 0.4) is 0 Å². The zero-order valence-electron chi connectivity index (χ0n) is 14.2. The van der Waals surface area contributed by atoms with Crippen molar-refractivity contribution in [2.75, 3.05) is 44.3 Å². The van der Waals surface area contributed by atoms with Gasteiger partial charge in [-0.25, -0.2) is 0 Å². The van der Waals surface area contributed by atoms with Gasteiger partial charge in [0, 0.05) is 32.8 Å². The molecule has 1 saturated heterocycles. The third-order valence-electron chi connectivity index (χ3n) is 4.02. The Hall–Kier alpha value is -2.52. The number of aliphatic hydroxyl groups excluding tert-OH is 1. The van der Waals surface area contributed by atoms with E-state index in [0.717, 1.165) is 5.69 Å². The highest BCUT2D eigenvalue weighted by Gasteiger charge is 2.27. The van der Waals surface area contributed by atoms with Crippen LogP contribution in [0.15, 0.2) is 30.3 Å². The lowest BCUT2D eigenvalue weighted by Gasteiger charge is -2.22. The van der Waals surface area contributed by atoms with Crippen LogP contribution in [0.1, 0.15) is 6.92 Å². The molecule has 1 aliphatic heterocycles. The number of carbonyl (C=O) groups excluding carboxylic acids is 1. The zero-order chi connectivity index (χ0) is 17.6. The molecule has 1 aliphatic rings. The highest BCUT2D eigenvalue weighted by atomic mass is 16.5. The van der Waals surface area contributed by atoms with E-state index in [0.29, 0.717) is 32.2 Å². The summed E-state index contributed by atoms with van der Waals surface area (Å²) >= 11 is 0. The number of nitrogens with zero attached hydrogens (tertiary/aromatic N) is 6. The van der Waals surface area contributed by atoms with Gasteiger partial charge in [-0.05, 0) is 29.5 Å². The van der Waals surface area contributed by atoms with Crippen molar-refractivity contribution in [2.24, 2.45) is 0 Å². The summed E-state index contributed by atoms with van der Waals surface area (Å²) in [6.07, 6.45) is -0.686. The molecule has 1 amide bonds. The number of aromatic nitrogens is 4. The molecule has 0 aliphatic carbocycles. The number of aliphatic hydroxyl groups is 1. The third kappa shape index (κ3) is 4.12. The Morgan fingerprint density at radius 3 is 2.84 bits per heavy atom. The number of hydrogen-bond donors (Lipinski definition) is 1. The molecule has 0 radical (unpaired) electrons. The largest absolute Gasteiger partial charge is 0.389 e. The molecular formula is C16H22N6O3. The Kier molecular flexibility index (Phi) is 5.56. The van der Waals surface area contributed by atoms with E-state index < -0.39 is 6.10 Å². The minimum atomic E-state index is -0.686. The van der Waals surface area contributed by atoms with E-state index in [4.69, 9.17) is 4.74 Å². The van der Waals surface area contributed by atoms with Gasteiger partial charge in [-0.2, -0.15) is 4.68 Å². The van der Waals surface area contributed by atoms with Crippen molar-refractivity contribution in [1.82, 2.24) is 25.1 Å². The molecule has 1 fully saturated rings. The third-order valence-corrected chi connectivity index (χ3v) is 4.02. The molecule has 3 rings (SSSR count). The lowest BCUT2D eigenvalue weighted by molar-refractivity contribution is -0.136. The number of rotatable bonds is 5. The number of β-amino-alcohol motifs (C(OH)–C–C–N with tert-alkyl or cyclic N) is 1. The molecule has 25 heavy (non-hydrogen) atoms. The standard InChI is InChI=1S/C16H22N6O3/c1-2-25-12-15(24)20-8-9-21(11-14(23)10-20)16-17-18-19-22(16)13-6-4-3-5-7-13/h3-7,14,23H,2,8-12H2,1H3/t14-/m0/s1. The summed E-state index contributed by atoms with van der Waals surface area (Å²) in [7, 11) is 0. The normalized spacial score (nSPS) is 18.2. The molecule has 0 saturated carbocycles. The molecule has 1 aromatic carbocycles. The number of ether oxygens (including phenoxy) is 1. The van der Waals surface area contributed by atoms with Crippen molar-refractivity contribution >= 4 is 11.9 Å². The van der Waals surface area contributed by atoms with E-state index in [1.807, 2.05) is 42.2 Å². The van der Waals surface area contributed by atoms with E-state index in [1.54, 1.807) is 9.58 Å². The van der Waals surface area contributed by atoms with Gasteiger partial charge < -0.3 is 19.6 Å². The second-order valence-corrected chi connectivity index (χ2v) is 5.80. The Morgan fingerprint density at radius 1 is 1.28 bits per heavy atom. The van der Waals surface area contributed by atoms with Crippen molar-refractivity contribution in [1.29, 1.82) is 0 Å². The van der Waals surface area contributed by atoms with Crippen LogP contribution >= 0.6 is 0 Å². The lowest BCUT2D eigenvalue weighted by Crippen LogP contribution is -2.39. The molecule has 0 bridgehead atoms. The summed E-state index contributed by atoms with van der Waals surface area (Å²) in [6.45, 7) is 3.99. The maximum atomic E-state index is 12.2. The fourth-order valence-electron chi connectivity index (χ4n) is 2.80. The lowest BCUT2D eigenvalue weighted by atomic mass is 10.3. The molecule has 134 valence electrons. The molecule has 9 heteroatoms. The van der Waals surface area contributed by atoms with Gasteiger partial charge in [-0.1, -0.05) is 23.3 Å². The van der Waals surface area contributed by atoms with Gasteiger partial charge in [0.15, 0.2) is 0 Å². The molecule has 1 N–H and O–H groups in total. The van der Waals surface area contributed by atoms with Gasteiger partial charge in [0.1, 0.15) is 6.61 Å². The second-order valence-electron chi connectivity index (χ2n) is 5.80. The SMILES string of the molecule is CCOCC(=O)N1CCN(c2nnnn2-c2ccccc2)C[C@@H](O)C1. The summed E-state index contributed by atoms with van der Waals surface area (Å²) in [5, 5.41) is 22.2. The summed E-state index contributed by atoms with van der Waals surface area (Å²) in [4.78, 5) is 15.7. The monoisotopic (exact) mass is 346 g/mol. The molecule has 2 heterocycles. The Morgan fingerprint density at radius 2 is 2.08 bits per heavy atom.